The van der Waals surface area contributed by atoms with Gasteiger partial charge in [0.1, 0.15) is 17.3 Å². The standard InChI is InChI=1S/C23H26FN7O/c1-15-12-29(21-3-2-17(10-25)31-23(21)19(24)11-26-31)14-22-18-13-28(16-5-8-32-9-6-16)7-4-20(18)27-30(15)22/h2-3,11,15-16H,4-9,12-14H2,1H3/t15-/m1/s1. The number of hydrogen-bond donors (Lipinski definition) is 0. The van der Waals surface area contributed by atoms with Crippen molar-refractivity contribution in [2.24, 2.45) is 0 Å². The van der Waals surface area contributed by atoms with Gasteiger partial charge < -0.3 is 9.64 Å². The quantitative estimate of drug-likeness (QED) is 0.616. The number of nitriles is 1. The van der Waals surface area contributed by atoms with Crippen LogP contribution in [-0.4, -0.2) is 56.6 Å². The minimum Gasteiger partial charge on any atom is -0.381 e. The van der Waals surface area contributed by atoms with Gasteiger partial charge in [-0.3, -0.25) is 9.58 Å². The Labute approximate surface area is 185 Å². The van der Waals surface area contributed by atoms with E-state index in [0.717, 1.165) is 57.8 Å². The van der Waals surface area contributed by atoms with E-state index in [-0.39, 0.29) is 6.04 Å². The van der Waals surface area contributed by atoms with Gasteiger partial charge in [0.25, 0.3) is 0 Å². The van der Waals surface area contributed by atoms with Gasteiger partial charge in [-0.05, 0) is 31.9 Å². The summed E-state index contributed by atoms with van der Waals surface area (Å²) < 4.78 is 23.8. The third kappa shape index (κ3) is 3.01. The fraction of sp³-hybridized carbons (Fsp3) is 0.522. The third-order valence-corrected chi connectivity index (χ3v) is 7.20. The highest BCUT2D eigenvalue weighted by Crippen LogP contribution is 2.35. The zero-order chi connectivity index (χ0) is 21.8. The van der Waals surface area contributed by atoms with Gasteiger partial charge >= 0.3 is 0 Å². The molecular formula is C23H26FN7O. The zero-order valence-corrected chi connectivity index (χ0v) is 18.2. The zero-order valence-electron chi connectivity index (χ0n) is 18.2. The number of fused-ring (bicyclic) bond motifs is 4. The van der Waals surface area contributed by atoms with E-state index in [1.807, 2.05) is 6.07 Å². The van der Waals surface area contributed by atoms with Crippen LogP contribution in [0, 0.1) is 17.1 Å². The Morgan fingerprint density at radius 2 is 2.06 bits per heavy atom. The van der Waals surface area contributed by atoms with E-state index < -0.39 is 5.82 Å². The molecule has 0 saturated carbocycles. The maximum Gasteiger partial charge on any atom is 0.171 e. The second-order valence-electron chi connectivity index (χ2n) is 9.08. The predicted molar refractivity (Wildman–Crippen MR) is 116 cm³/mol. The first kappa shape index (κ1) is 19.7. The molecule has 1 atom stereocenters. The van der Waals surface area contributed by atoms with E-state index in [1.165, 1.54) is 27.7 Å². The highest BCUT2D eigenvalue weighted by atomic mass is 19.1. The van der Waals surface area contributed by atoms with Crippen LogP contribution in [-0.2, 0) is 24.2 Å². The van der Waals surface area contributed by atoms with Crippen molar-refractivity contribution in [1.82, 2.24) is 24.3 Å². The van der Waals surface area contributed by atoms with E-state index in [2.05, 4.69) is 32.6 Å². The molecule has 3 aliphatic heterocycles. The van der Waals surface area contributed by atoms with Crippen LogP contribution in [0.4, 0.5) is 10.1 Å². The summed E-state index contributed by atoms with van der Waals surface area (Å²) in [7, 11) is 0. The summed E-state index contributed by atoms with van der Waals surface area (Å²) in [5, 5.41) is 18.5. The van der Waals surface area contributed by atoms with Crippen molar-refractivity contribution in [3.63, 3.8) is 0 Å². The molecule has 0 radical (unpaired) electrons. The SMILES string of the molecule is C[C@@H]1CN(c2ccc(C#N)n3ncc(F)c23)Cc2c3c(nn21)CCN(C1CCOCC1)C3. The molecule has 8 nitrogen and oxygen atoms in total. The molecule has 3 aromatic heterocycles. The first-order valence-corrected chi connectivity index (χ1v) is 11.4. The lowest BCUT2D eigenvalue weighted by Crippen LogP contribution is -2.42. The molecule has 32 heavy (non-hydrogen) atoms. The van der Waals surface area contributed by atoms with Gasteiger partial charge in [0, 0.05) is 50.9 Å². The smallest absolute Gasteiger partial charge is 0.171 e. The summed E-state index contributed by atoms with van der Waals surface area (Å²) in [5.74, 6) is -0.406. The van der Waals surface area contributed by atoms with E-state index >= 15 is 0 Å². The Kier molecular flexibility index (Phi) is 4.66. The van der Waals surface area contributed by atoms with Crippen LogP contribution >= 0.6 is 0 Å². The molecule has 6 rings (SSSR count). The van der Waals surface area contributed by atoms with Crippen LogP contribution in [0.15, 0.2) is 18.3 Å². The van der Waals surface area contributed by atoms with Crippen molar-refractivity contribution in [3.8, 4) is 6.07 Å². The topological polar surface area (TPSA) is 74.6 Å². The Morgan fingerprint density at radius 1 is 1.22 bits per heavy atom. The Hall–Kier alpha value is -2.96. The summed E-state index contributed by atoms with van der Waals surface area (Å²) in [5.41, 5.74) is 5.21. The summed E-state index contributed by atoms with van der Waals surface area (Å²) in [6, 6.07) is 6.40. The van der Waals surface area contributed by atoms with Gasteiger partial charge in [0.15, 0.2) is 5.82 Å². The molecule has 0 aromatic carbocycles. The molecule has 1 fully saturated rings. The number of hydrogen-bond acceptors (Lipinski definition) is 6. The molecule has 1 saturated heterocycles. The van der Waals surface area contributed by atoms with Gasteiger partial charge in [0.05, 0.1) is 35.9 Å². The molecule has 0 aliphatic carbocycles. The van der Waals surface area contributed by atoms with E-state index in [9.17, 15) is 9.65 Å². The average molecular weight is 436 g/mol. The van der Waals surface area contributed by atoms with Gasteiger partial charge in [-0.2, -0.15) is 15.5 Å². The van der Waals surface area contributed by atoms with Crippen LogP contribution < -0.4 is 4.90 Å². The van der Waals surface area contributed by atoms with Gasteiger partial charge in [-0.1, -0.05) is 0 Å². The average Bonchev–Trinajstić information content (AvgIpc) is 3.40. The van der Waals surface area contributed by atoms with E-state index in [4.69, 9.17) is 9.84 Å². The van der Waals surface area contributed by atoms with Crippen molar-refractivity contribution in [2.45, 2.75) is 51.4 Å². The third-order valence-electron chi connectivity index (χ3n) is 7.20. The summed E-state index contributed by atoms with van der Waals surface area (Å²) in [6.45, 7) is 7.21. The minimum atomic E-state index is -0.406. The van der Waals surface area contributed by atoms with E-state index in [1.54, 1.807) is 6.07 Å². The molecule has 0 bridgehead atoms. The summed E-state index contributed by atoms with van der Waals surface area (Å²) >= 11 is 0. The van der Waals surface area contributed by atoms with Crippen LogP contribution in [0.3, 0.4) is 0 Å². The normalized spacial score (nSPS) is 22.0. The van der Waals surface area contributed by atoms with Crippen LogP contribution in [0.5, 0.6) is 0 Å². The minimum absolute atomic E-state index is 0.169. The second-order valence-corrected chi connectivity index (χ2v) is 9.08. The van der Waals surface area contributed by atoms with Crippen molar-refractivity contribution < 1.29 is 9.13 Å². The number of pyridine rings is 1. The lowest BCUT2D eigenvalue weighted by Gasteiger charge is -2.38. The largest absolute Gasteiger partial charge is 0.381 e. The fourth-order valence-electron chi connectivity index (χ4n) is 5.58. The van der Waals surface area contributed by atoms with Crippen LogP contribution in [0.1, 0.15) is 48.5 Å². The number of anilines is 1. The number of nitrogens with zero attached hydrogens (tertiary/aromatic N) is 7. The van der Waals surface area contributed by atoms with E-state index in [0.29, 0.717) is 23.8 Å². The molecule has 0 amide bonds. The molecule has 0 spiro atoms. The van der Waals surface area contributed by atoms with Crippen molar-refractivity contribution in [2.75, 3.05) is 31.2 Å². The number of ether oxygens (including phenoxy) is 1. The molecule has 3 aromatic rings. The molecule has 9 heteroatoms. The highest BCUT2D eigenvalue weighted by molar-refractivity contribution is 5.75. The number of rotatable bonds is 2. The second kappa shape index (κ2) is 7.57. The summed E-state index contributed by atoms with van der Waals surface area (Å²) in [6.07, 6.45) is 4.33. The fourth-order valence-corrected chi connectivity index (χ4v) is 5.58. The van der Waals surface area contributed by atoms with Crippen LogP contribution in [0.25, 0.3) is 5.52 Å². The first-order chi connectivity index (χ1) is 15.6. The molecule has 166 valence electrons. The van der Waals surface area contributed by atoms with Gasteiger partial charge in [-0.25, -0.2) is 8.91 Å². The van der Waals surface area contributed by atoms with Crippen molar-refractivity contribution >= 4 is 11.2 Å². The molecule has 3 aliphatic rings. The van der Waals surface area contributed by atoms with Crippen molar-refractivity contribution in [1.29, 1.82) is 5.26 Å². The first-order valence-electron chi connectivity index (χ1n) is 11.4. The summed E-state index contributed by atoms with van der Waals surface area (Å²) in [4.78, 5) is 4.80. The van der Waals surface area contributed by atoms with Gasteiger partial charge in [-0.15, -0.1) is 0 Å². The maximum absolute atomic E-state index is 14.7. The van der Waals surface area contributed by atoms with Gasteiger partial charge in [0.2, 0.25) is 0 Å². The van der Waals surface area contributed by atoms with Crippen molar-refractivity contribution in [3.05, 3.63) is 46.8 Å². The molecule has 0 unspecified atom stereocenters. The maximum atomic E-state index is 14.7. The molecule has 0 N–H and O–H groups in total. The molecular weight excluding hydrogens is 409 g/mol. The predicted octanol–water partition coefficient (Wildman–Crippen LogP) is 2.66. The molecule has 6 heterocycles. The lowest BCUT2D eigenvalue weighted by atomic mass is 9.99. The lowest BCUT2D eigenvalue weighted by molar-refractivity contribution is 0.0288. The Bertz CT molecular complexity index is 1220. The van der Waals surface area contributed by atoms with Crippen LogP contribution in [0.2, 0.25) is 0 Å². The number of aromatic nitrogens is 4. The highest BCUT2D eigenvalue weighted by Gasteiger charge is 2.34. The number of halogens is 1. The monoisotopic (exact) mass is 435 g/mol. The Balaban J connectivity index is 1.36. The Morgan fingerprint density at radius 3 is 2.88 bits per heavy atom.